The van der Waals surface area contributed by atoms with Gasteiger partial charge in [-0.3, -0.25) is 4.79 Å². The van der Waals surface area contributed by atoms with Gasteiger partial charge < -0.3 is 20.3 Å². The first kappa shape index (κ1) is 14.4. The van der Waals surface area contributed by atoms with Crippen LogP contribution in [0.5, 0.6) is 0 Å². The summed E-state index contributed by atoms with van der Waals surface area (Å²) in [7, 11) is 0. The Morgan fingerprint density at radius 3 is 2.90 bits per heavy atom. The van der Waals surface area contributed by atoms with Gasteiger partial charge in [-0.2, -0.15) is 0 Å². The van der Waals surface area contributed by atoms with Crippen molar-refractivity contribution < 1.29 is 14.7 Å². The Morgan fingerprint density at radius 2 is 2.30 bits per heavy atom. The number of rotatable bonds is 8. The minimum absolute atomic E-state index is 0.00366. The van der Waals surface area contributed by atoms with Crippen LogP contribution in [-0.2, 0) is 11.2 Å². The number of carboxylic acid groups (broad SMARTS) is 1. The molecular weight excluding hydrogens is 260 g/mol. The fraction of sp³-hybridized carbons (Fsp3) is 0.615. The second-order valence-electron chi connectivity index (χ2n) is 4.94. The van der Waals surface area contributed by atoms with Crippen molar-refractivity contribution in [2.75, 3.05) is 13.1 Å². The zero-order valence-corrected chi connectivity index (χ0v) is 11.3. The van der Waals surface area contributed by atoms with E-state index in [9.17, 15) is 9.59 Å². The number of H-pyrrole nitrogens is 1. The molecule has 1 aromatic heterocycles. The van der Waals surface area contributed by atoms with Crippen LogP contribution in [0.25, 0.3) is 0 Å². The number of hydrogen-bond donors (Lipinski definition) is 3. The number of carboxylic acids is 1. The number of aromatic amines is 1. The number of aliphatic carboxylic acids is 1. The highest BCUT2D eigenvalue weighted by Gasteiger charge is 2.32. The molecule has 1 aliphatic rings. The SMILES string of the molecule is O=C(O)CCN(C(=O)NCCCc1ncc[nH]1)C1CC1. The molecule has 2 rings (SSSR count). The summed E-state index contributed by atoms with van der Waals surface area (Å²) in [5.41, 5.74) is 0. The normalized spacial score (nSPS) is 14.0. The number of imidazole rings is 1. The number of hydrogen-bond acceptors (Lipinski definition) is 3. The summed E-state index contributed by atoms with van der Waals surface area (Å²) in [6.45, 7) is 0.847. The first-order chi connectivity index (χ1) is 9.66. The van der Waals surface area contributed by atoms with Crippen molar-refractivity contribution in [2.45, 2.75) is 38.1 Å². The number of aromatic nitrogens is 2. The van der Waals surface area contributed by atoms with Crippen LogP contribution in [0.15, 0.2) is 12.4 Å². The molecule has 0 unspecified atom stereocenters. The van der Waals surface area contributed by atoms with E-state index < -0.39 is 5.97 Å². The Morgan fingerprint density at radius 1 is 1.50 bits per heavy atom. The second-order valence-corrected chi connectivity index (χ2v) is 4.94. The van der Waals surface area contributed by atoms with Crippen molar-refractivity contribution >= 4 is 12.0 Å². The molecule has 1 saturated carbocycles. The van der Waals surface area contributed by atoms with E-state index in [1.807, 2.05) is 0 Å². The summed E-state index contributed by atoms with van der Waals surface area (Å²) < 4.78 is 0. The van der Waals surface area contributed by atoms with Gasteiger partial charge >= 0.3 is 12.0 Å². The molecule has 3 N–H and O–H groups in total. The maximum absolute atomic E-state index is 12.0. The Labute approximate surface area is 117 Å². The first-order valence-corrected chi connectivity index (χ1v) is 6.91. The van der Waals surface area contributed by atoms with Crippen LogP contribution < -0.4 is 5.32 Å². The zero-order valence-electron chi connectivity index (χ0n) is 11.3. The van der Waals surface area contributed by atoms with E-state index in [0.717, 1.165) is 31.5 Å². The van der Waals surface area contributed by atoms with Gasteiger partial charge in [0, 0.05) is 37.9 Å². The van der Waals surface area contributed by atoms with E-state index in [1.54, 1.807) is 17.3 Å². The number of urea groups is 1. The highest BCUT2D eigenvalue weighted by Crippen LogP contribution is 2.26. The lowest BCUT2D eigenvalue weighted by molar-refractivity contribution is -0.137. The average Bonchev–Trinajstić information content (AvgIpc) is 3.11. The van der Waals surface area contributed by atoms with Crippen LogP contribution in [-0.4, -0.2) is 51.1 Å². The van der Waals surface area contributed by atoms with Gasteiger partial charge in [0.2, 0.25) is 0 Å². The smallest absolute Gasteiger partial charge is 0.317 e. The Bertz CT molecular complexity index is 442. The van der Waals surface area contributed by atoms with Crippen LogP contribution in [0.4, 0.5) is 4.79 Å². The minimum atomic E-state index is -0.874. The lowest BCUT2D eigenvalue weighted by atomic mass is 10.3. The molecule has 0 aliphatic heterocycles. The molecule has 1 aliphatic carbocycles. The Hall–Kier alpha value is -2.05. The molecule has 20 heavy (non-hydrogen) atoms. The molecular formula is C13H20N4O3. The molecule has 1 fully saturated rings. The number of nitrogens with one attached hydrogen (secondary N) is 2. The standard InChI is InChI=1S/C13H20N4O3/c18-12(19)5-9-17(10-3-4-10)13(20)16-6-1-2-11-14-7-8-15-11/h7-8,10H,1-6,9H2,(H,14,15)(H,16,20)(H,18,19). The van der Waals surface area contributed by atoms with Gasteiger partial charge in [0.25, 0.3) is 0 Å². The highest BCUT2D eigenvalue weighted by atomic mass is 16.4. The number of carbonyl (C=O) groups excluding carboxylic acids is 1. The topological polar surface area (TPSA) is 98.3 Å². The molecule has 7 heteroatoms. The summed E-state index contributed by atoms with van der Waals surface area (Å²) in [4.78, 5) is 31.3. The van der Waals surface area contributed by atoms with Crippen LogP contribution in [0.1, 0.15) is 31.5 Å². The molecule has 0 saturated heterocycles. The fourth-order valence-corrected chi connectivity index (χ4v) is 2.04. The molecule has 0 aromatic carbocycles. The van der Waals surface area contributed by atoms with E-state index in [2.05, 4.69) is 15.3 Å². The molecule has 1 heterocycles. The third kappa shape index (κ3) is 4.56. The maximum Gasteiger partial charge on any atom is 0.317 e. The van der Waals surface area contributed by atoms with Crippen LogP contribution >= 0.6 is 0 Å². The van der Waals surface area contributed by atoms with E-state index in [4.69, 9.17) is 5.11 Å². The third-order valence-corrected chi connectivity index (χ3v) is 3.24. The number of carbonyl (C=O) groups is 2. The third-order valence-electron chi connectivity index (χ3n) is 3.24. The Balaban J connectivity index is 1.67. The number of amides is 2. The van der Waals surface area contributed by atoms with Crippen LogP contribution in [0.3, 0.4) is 0 Å². The summed E-state index contributed by atoms with van der Waals surface area (Å²) in [5, 5.41) is 11.5. The quantitative estimate of drug-likeness (QED) is 0.618. The zero-order chi connectivity index (χ0) is 14.4. The van der Waals surface area contributed by atoms with Gasteiger partial charge in [-0.1, -0.05) is 0 Å². The lowest BCUT2D eigenvalue weighted by Gasteiger charge is -2.22. The largest absolute Gasteiger partial charge is 0.481 e. The van der Waals surface area contributed by atoms with Crippen molar-refractivity contribution in [1.82, 2.24) is 20.2 Å². The molecule has 0 atom stereocenters. The van der Waals surface area contributed by atoms with Crippen molar-refractivity contribution in [3.05, 3.63) is 18.2 Å². The van der Waals surface area contributed by atoms with Gasteiger partial charge in [0.15, 0.2) is 0 Å². The van der Waals surface area contributed by atoms with Gasteiger partial charge in [0.05, 0.1) is 6.42 Å². The molecule has 0 spiro atoms. The lowest BCUT2D eigenvalue weighted by Crippen LogP contribution is -2.42. The van der Waals surface area contributed by atoms with Crippen LogP contribution in [0, 0.1) is 0 Å². The molecule has 0 bridgehead atoms. The minimum Gasteiger partial charge on any atom is -0.481 e. The predicted molar refractivity (Wildman–Crippen MR) is 72.3 cm³/mol. The van der Waals surface area contributed by atoms with Gasteiger partial charge in [0.1, 0.15) is 5.82 Å². The summed E-state index contributed by atoms with van der Waals surface area (Å²) in [6, 6.07) is 0.0626. The predicted octanol–water partition coefficient (Wildman–Crippen LogP) is 0.991. The monoisotopic (exact) mass is 280 g/mol. The maximum atomic E-state index is 12.0. The first-order valence-electron chi connectivity index (χ1n) is 6.91. The van der Waals surface area contributed by atoms with E-state index in [0.29, 0.717) is 6.54 Å². The van der Waals surface area contributed by atoms with E-state index in [-0.39, 0.29) is 25.0 Å². The molecule has 0 radical (unpaired) electrons. The Kier molecular flexibility index (Phi) is 4.97. The second kappa shape index (κ2) is 6.93. The van der Waals surface area contributed by atoms with Crippen molar-refractivity contribution in [1.29, 1.82) is 0 Å². The molecule has 2 amide bonds. The summed E-state index contributed by atoms with van der Waals surface area (Å²) in [6.07, 6.45) is 7.00. The molecule has 7 nitrogen and oxygen atoms in total. The average molecular weight is 280 g/mol. The van der Waals surface area contributed by atoms with Crippen molar-refractivity contribution in [2.24, 2.45) is 0 Å². The van der Waals surface area contributed by atoms with Gasteiger partial charge in [-0.25, -0.2) is 9.78 Å². The molecule has 110 valence electrons. The summed E-state index contributed by atoms with van der Waals surface area (Å²) >= 11 is 0. The van der Waals surface area contributed by atoms with Crippen molar-refractivity contribution in [3.63, 3.8) is 0 Å². The highest BCUT2D eigenvalue weighted by molar-refractivity contribution is 5.76. The van der Waals surface area contributed by atoms with E-state index in [1.165, 1.54) is 0 Å². The number of nitrogens with zero attached hydrogens (tertiary/aromatic N) is 2. The van der Waals surface area contributed by atoms with Crippen LogP contribution in [0.2, 0.25) is 0 Å². The molecule has 1 aromatic rings. The summed E-state index contributed by atoms with van der Waals surface area (Å²) in [5.74, 6) is 0.0328. The van der Waals surface area contributed by atoms with Gasteiger partial charge in [-0.05, 0) is 19.3 Å². The van der Waals surface area contributed by atoms with Gasteiger partial charge in [-0.15, -0.1) is 0 Å². The van der Waals surface area contributed by atoms with Crippen molar-refractivity contribution in [3.8, 4) is 0 Å². The number of aryl methyl sites for hydroxylation is 1. The fourth-order valence-electron chi connectivity index (χ4n) is 2.04. The van der Waals surface area contributed by atoms with E-state index >= 15 is 0 Å².